The summed E-state index contributed by atoms with van der Waals surface area (Å²) in [4.78, 5) is 3.70. The highest BCUT2D eigenvalue weighted by molar-refractivity contribution is 7.09. The van der Waals surface area contributed by atoms with Crippen LogP contribution in [0.15, 0.2) is 41.8 Å². The monoisotopic (exact) mass is 292 g/mol. The quantitative estimate of drug-likeness (QED) is 0.837. The Balaban J connectivity index is 1.85. The zero-order valence-electron chi connectivity index (χ0n) is 12.0. The molecule has 1 aromatic carbocycles. The molecular weight excluding hydrogens is 271 g/mol. The van der Waals surface area contributed by atoms with E-state index in [1.54, 1.807) is 11.3 Å². The molecule has 1 N–H and O–H groups in total. The van der Waals surface area contributed by atoms with Crippen LogP contribution in [0.3, 0.4) is 0 Å². The van der Waals surface area contributed by atoms with E-state index in [1.165, 1.54) is 17.0 Å². The van der Waals surface area contributed by atoms with Crippen molar-refractivity contribution in [2.24, 2.45) is 0 Å². The second-order valence-corrected chi connectivity index (χ2v) is 6.03. The Bertz CT molecular complexity index is 496. The van der Waals surface area contributed by atoms with E-state index >= 15 is 0 Å². The number of rotatable bonds is 7. The minimum absolute atomic E-state index is 0.182. The zero-order valence-corrected chi connectivity index (χ0v) is 12.8. The van der Waals surface area contributed by atoms with Crippen LogP contribution in [0, 0.1) is 5.82 Å². The van der Waals surface area contributed by atoms with Crippen molar-refractivity contribution < 1.29 is 4.39 Å². The van der Waals surface area contributed by atoms with Crippen molar-refractivity contribution in [3.05, 3.63) is 58.0 Å². The van der Waals surface area contributed by atoms with Gasteiger partial charge in [0.25, 0.3) is 0 Å². The Morgan fingerprint density at radius 2 is 2.00 bits per heavy atom. The molecular formula is C16H21FN2S. The first-order valence-corrected chi connectivity index (χ1v) is 7.70. The number of hydrogen-bond acceptors (Lipinski definition) is 3. The summed E-state index contributed by atoms with van der Waals surface area (Å²) < 4.78 is 13.0. The van der Waals surface area contributed by atoms with E-state index in [0.29, 0.717) is 0 Å². The molecule has 1 unspecified atom stereocenters. The van der Waals surface area contributed by atoms with E-state index in [4.69, 9.17) is 0 Å². The van der Waals surface area contributed by atoms with Gasteiger partial charge in [0.05, 0.1) is 0 Å². The maximum absolute atomic E-state index is 13.0. The molecule has 0 amide bonds. The van der Waals surface area contributed by atoms with Crippen molar-refractivity contribution in [3.8, 4) is 0 Å². The van der Waals surface area contributed by atoms with Gasteiger partial charge in [-0.1, -0.05) is 18.2 Å². The van der Waals surface area contributed by atoms with E-state index in [2.05, 4.69) is 34.8 Å². The normalized spacial score (nSPS) is 12.8. The van der Waals surface area contributed by atoms with Crippen LogP contribution >= 0.6 is 11.3 Å². The van der Waals surface area contributed by atoms with Gasteiger partial charge in [-0.05, 0) is 49.7 Å². The molecule has 1 heterocycles. The lowest BCUT2D eigenvalue weighted by Gasteiger charge is -2.21. The average Bonchev–Trinajstić information content (AvgIpc) is 2.94. The fraction of sp³-hybridized carbons (Fsp3) is 0.375. The highest BCUT2D eigenvalue weighted by Crippen LogP contribution is 2.18. The number of halogens is 1. The van der Waals surface area contributed by atoms with Crippen LogP contribution in [-0.2, 0) is 6.54 Å². The molecule has 1 aromatic heterocycles. The van der Waals surface area contributed by atoms with E-state index < -0.39 is 0 Å². The molecule has 0 aliphatic rings. The van der Waals surface area contributed by atoms with Crippen molar-refractivity contribution >= 4 is 11.3 Å². The molecule has 0 saturated carbocycles. The topological polar surface area (TPSA) is 15.3 Å². The Labute approximate surface area is 124 Å². The van der Waals surface area contributed by atoms with Crippen LogP contribution in [0.2, 0.25) is 0 Å². The van der Waals surface area contributed by atoms with Crippen LogP contribution in [0.25, 0.3) is 0 Å². The lowest BCUT2D eigenvalue weighted by atomic mass is 10.0. The Hall–Kier alpha value is -1.23. The minimum Gasteiger partial charge on any atom is -0.313 e. The molecule has 0 spiro atoms. The summed E-state index contributed by atoms with van der Waals surface area (Å²) in [5.41, 5.74) is 1.14. The highest BCUT2D eigenvalue weighted by Gasteiger charge is 2.10. The molecule has 20 heavy (non-hydrogen) atoms. The van der Waals surface area contributed by atoms with Crippen LogP contribution in [-0.4, -0.2) is 25.5 Å². The van der Waals surface area contributed by atoms with Crippen molar-refractivity contribution in [2.45, 2.75) is 19.0 Å². The van der Waals surface area contributed by atoms with E-state index in [-0.39, 0.29) is 11.9 Å². The summed E-state index contributed by atoms with van der Waals surface area (Å²) in [6.45, 7) is 1.98. The summed E-state index contributed by atoms with van der Waals surface area (Å²) in [5.74, 6) is -0.182. The van der Waals surface area contributed by atoms with Crippen molar-refractivity contribution in [1.29, 1.82) is 0 Å². The predicted octanol–water partition coefficient (Wildman–Crippen LogP) is 3.67. The molecule has 0 radical (unpaired) electrons. The maximum Gasteiger partial charge on any atom is 0.123 e. The number of nitrogens with one attached hydrogen (secondary N) is 1. The molecule has 0 aliphatic heterocycles. The van der Waals surface area contributed by atoms with Crippen LogP contribution < -0.4 is 5.32 Å². The second kappa shape index (κ2) is 7.53. The van der Waals surface area contributed by atoms with Crippen molar-refractivity contribution in [1.82, 2.24) is 10.2 Å². The fourth-order valence-corrected chi connectivity index (χ4v) is 3.05. The van der Waals surface area contributed by atoms with Gasteiger partial charge in [-0.2, -0.15) is 0 Å². The van der Waals surface area contributed by atoms with Gasteiger partial charge >= 0.3 is 0 Å². The Morgan fingerprint density at radius 3 is 2.60 bits per heavy atom. The standard InChI is InChI=1S/C16H21FN2S/c1-18-16(13-5-7-14(17)8-6-13)9-10-19(2)12-15-4-3-11-20-15/h3-8,11,16,18H,9-10,12H2,1-2H3. The van der Waals surface area contributed by atoms with Gasteiger partial charge in [-0.15, -0.1) is 11.3 Å². The van der Waals surface area contributed by atoms with Gasteiger partial charge in [0.15, 0.2) is 0 Å². The lowest BCUT2D eigenvalue weighted by molar-refractivity contribution is 0.306. The summed E-state index contributed by atoms with van der Waals surface area (Å²) >= 11 is 1.79. The molecule has 2 rings (SSSR count). The van der Waals surface area contributed by atoms with Gasteiger partial charge < -0.3 is 10.2 Å². The number of thiophene rings is 1. The zero-order chi connectivity index (χ0) is 14.4. The molecule has 2 aromatic rings. The molecule has 2 nitrogen and oxygen atoms in total. The summed E-state index contributed by atoms with van der Waals surface area (Å²) in [5, 5.41) is 5.41. The van der Waals surface area contributed by atoms with E-state index in [0.717, 1.165) is 25.1 Å². The molecule has 4 heteroatoms. The van der Waals surface area contributed by atoms with Crippen LogP contribution in [0.4, 0.5) is 4.39 Å². The first kappa shape index (κ1) is 15.2. The van der Waals surface area contributed by atoms with Gasteiger partial charge in [-0.25, -0.2) is 4.39 Å². The van der Waals surface area contributed by atoms with Crippen molar-refractivity contribution in [3.63, 3.8) is 0 Å². The molecule has 1 atom stereocenters. The van der Waals surface area contributed by atoms with Gasteiger partial charge in [-0.3, -0.25) is 0 Å². The number of benzene rings is 1. The molecule has 0 bridgehead atoms. The third-order valence-electron chi connectivity index (χ3n) is 3.43. The summed E-state index contributed by atoms with van der Waals surface area (Å²) in [6.07, 6.45) is 1.00. The SMILES string of the molecule is CNC(CCN(C)Cc1cccs1)c1ccc(F)cc1. The smallest absolute Gasteiger partial charge is 0.123 e. The van der Waals surface area contributed by atoms with Gasteiger partial charge in [0, 0.05) is 24.0 Å². The molecule has 0 saturated heterocycles. The number of nitrogens with zero attached hydrogens (tertiary/aromatic N) is 1. The first-order chi connectivity index (χ1) is 9.69. The van der Waals surface area contributed by atoms with Gasteiger partial charge in [0.2, 0.25) is 0 Å². The summed E-state index contributed by atoms with van der Waals surface area (Å²) in [6, 6.07) is 11.3. The van der Waals surface area contributed by atoms with Crippen LogP contribution in [0.5, 0.6) is 0 Å². The molecule has 0 fully saturated rings. The Kier molecular flexibility index (Phi) is 5.71. The lowest BCUT2D eigenvalue weighted by Crippen LogP contribution is -2.25. The minimum atomic E-state index is -0.182. The predicted molar refractivity (Wildman–Crippen MR) is 83.5 cm³/mol. The average molecular weight is 292 g/mol. The first-order valence-electron chi connectivity index (χ1n) is 6.82. The maximum atomic E-state index is 13.0. The van der Waals surface area contributed by atoms with Crippen LogP contribution in [0.1, 0.15) is 22.9 Å². The second-order valence-electron chi connectivity index (χ2n) is 5.00. The van der Waals surface area contributed by atoms with E-state index in [9.17, 15) is 4.39 Å². The summed E-state index contributed by atoms with van der Waals surface area (Å²) in [7, 11) is 4.09. The third-order valence-corrected chi connectivity index (χ3v) is 4.29. The molecule has 0 aliphatic carbocycles. The van der Waals surface area contributed by atoms with Gasteiger partial charge in [0.1, 0.15) is 5.82 Å². The largest absolute Gasteiger partial charge is 0.313 e. The number of hydrogen-bond donors (Lipinski definition) is 1. The highest BCUT2D eigenvalue weighted by atomic mass is 32.1. The fourth-order valence-electron chi connectivity index (χ4n) is 2.27. The van der Waals surface area contributed by atoms with E-state index in [1.807, 2.05) is 19.2 Å². The molecule has 108 valence electrons. The van der Waals surface area contributed by atoms with Crippen molar-refractivity contribution in [2.75, 3.05) is 20.6 Å². The third kappa shape index (κ3) is 4.40. The Morgan fingerprint density at radius 1 is 1.25 bits per heavy atom.